The van der Waals surface area contributed by atoms with Crippen molar-refractivity contribution in [1.82, 2.24) is 4.98 Å². The summed E-state index contributed by atoms with van der Waals surface area (Å²) in [4.78, 5) is 4.56. The molecule has 0 amide bonds. The summed E-state index contributed by atoms with van der Waals surface area (Å²) in [7, 11) is 0. The van der Waals surface area contributed by atoms with Crippen LogP contribution in [-0.2, 0) is 0 Å². The third-order valence-electron chi connectivity index (χ3n) is 4.12. The molecule has 124 valence electrons. The first kappa shape index (κ1) is 16.2. The first-order chi connectivity index (χ1) is 12.7. The molecule has 0 spiro atoms. The lowest BCUT2D eigenvalue weighted by Crippen LogP contribution is -1.84. The number of fused-ring (bicyclic) bond motifs is 1. The fourth-order valence-corrected chi connectivity index (χ4v) is 3.62. The van der Waals surface area contributed by atoms with E-state index in [1.54, 1.807) is 12.1 Å². The average molecular weight is 356 g/mol. The molecule has 0 bridgehead atoms. The highest BCUT2D eigenvalue weighted by atomic mass is 32.1. The van der Waals surface area contributed by atoms with Crippen LogP contribution in [0.5, 0.6) is 0 Å². The van der Waals surface area contributed by atoms with E-state index >= 15 is 0 Å². The van der Waals surface area contributed by atoms with Crippen molar-refractivity contribution in [3.63, 3.8) is 0 Å². The lowest BCUT2D eigenvalue weighted by atomic mass is 10.0. The summed E-state index contributed by atoms with van der Waals surface area (Å²) in [5.74, 6) is -0.280. The Bertz CT molecular complexity index is 1150. The molecule has 0 atom stereocenters. The molecule has 0 aliphatic heterocycles. The van der Waals surface area contributed by atoms with Crippen LogP contribution in [0.4, 0.5) is 4.39 Å². The number of hydrogen-bond acceptors (Lipinski definition) is 3. The molecule has 0 saturated carbocycles. The Kier molecular flexibility index (Phi) is 4.30. The summed E-state index contributed by atoms with van der Waals surface area (Å²) in [6.45, 7) is 0. The molecule has 0 unspecified atom stereocenters. The highest BCUT2D eigenvalue weighted by Crippen LogP contribution is 2.29. The fraction of sp³-hybridized carbons (Fsp3) is 0. The van der Waals surface area contributed by atoms with Crippen LogP contribution in [0.3, 0.4) is 0 Å². The third kappa shape index (κ3) is 3.13. The maximum absolute atomic E-state index is 13.1. The minimum Gasteiger partial charge on any atom is -0.235 e. The van der Waals surface area contributed by atoms with Gasteiger partial charge < -0.3 is 0 Å². The standard InChI is InChI=1S/C22H13FN2S/c23-19-10-8-16(9-11-19)21-14-26-22(25-21)18(13-24)12-17-6-3-5-15-4-1-2-7-20(15)17/h1-12,14H/b18-12+. The average Bonchev–Trinajstić information content (AvgIpc) is 3.16. The Hall–Kier alpha value is -3.29. The number of nitrogens with zero attached hydrogens (tertiary/aromatic N) is 2. The molecule has 0 fully saturated rings. The number of rotatable bonds is 3. The molecule has 0 radical (unpaired) electrons. The van der Waals surface area contributed by atoms with E-state index in [9.17, 15) is 9.65 Å². The first-order valence-corrected chi connectivity index (χ1v) is 8.94. The van der Waals surface area contributed by atoms with Crippen LogP contribution >= 0.6 is 11.3 Å². The second kappa shape index (κ2) is 6.91. The van der Waals surface area contributed by atoms with Gasteiger partial charge in [0.05, 0.1) is 11.3 Å². The summed E-state index contributed by atoms with van der Waals surface area (Å²) in [6.07, 6.45) is 1.87. The summed E-state index contributed by atoms with van der Waals surface area (Å²) in [5, 5.41) is 14.4. The molecule has 0 aliphatic carbocycles. The number of thiazole rings is 1. The van der Waals surface area contributed by atoms with Crippen LogP contribution in [0.15, 0.2) is 72.1 Å². The lowest BCUT2D eigenvalue weighted by molar-refractivity contribution is 0.628. The van der Waals surface area contributed by atoms with Gasteiger partial charge in [-0.15, -0.1) is 11.3 Å². The van der Waals surface area contributed by atoms with Gasteiger partial charge in [0, 0.05) is 10.9 Å². The SMILES string of the molecule is N#C/C(=C\c1cccc2ccccc12)c1nc(-c2ccc(F)cc2)cs1. The second-order valence-electron chi connectivity index (χ2n) is 5.78. The van der Waals surface area contributed by atoms with E-state index < -0.39 is 0 Å². The van der Waals surface area contributed by atoms with Crippen molar-refractivity contribution < 1.29 is 4.39 Å². The van der Waals surface area contributed by atoms with Gasteiger partial charge >= 0.3 is 0 Å². The van der Waals surface area contributed by atoms with Gasteiger partial charge in [0.2, 0.25) is 0 Å². The molecule has 26 heavy (non-hydrogen) atoms. The Morgan fingerprint density at radius 2 is 1.77 bits per heavy atom. The summed E-state index contributed by atoms with van der Waals surface area (Å²) < 4.78 is 13.1. The molecule has 4 heteroatoms. The largest absolute Gasteiger partial charge is 0.235 e. The Morgan fingerprint density at radius 3 is 2.58 bits per heavy atom. The molecule has 0 N–H and O–H groups in total. The van der Waals surface area contributed by atoms with Gasteiger partial charge in [-0.05, 0) is 46.7 Å². The van der Waals surface area contributed by atoms with E-state index in [1.165, 1.54) is 23.5 Å². The number of benzene rings is 3. The number of nitriles is 1. The Labute approximate surface area is 154 Å². The van der Waals surface area contributed by atoms with Crippen molar-refractivity contribution in [2.75, 3.05) is 0 Å². The van der Waals surface area contributed by atoms with Crippen molar-refractivity contribution in [3.8, 4) is 17.3 Å². The molecule has 4 rings (SSSR count). The predicted molar refractivity (Wildman–Crippen MR) is 105 cm³/mol. The Balaban J connectivity index is 1.75. The van der Waals surface area contributed by atoms with Crippen LogP contribution < -0.4 is 0 Å². The van der Waals surface area contributed by atoms with E-state index in [4.69, 9.17) is 0 Å². The molecule has 4 aromatic rings. The summed E-state index contributed by atoms with van der Waals surface area (Å²) in [6, 6.07) is 22.6. The van der Waals surface area contributed by atoms with Gasteiger partial charge in [-0.3, -0.25) is 0 Å². The van der Waals surface area contributed by atoms with Gasteiger partial charge in [0.25, 0.3) is 0 Å². The van der Waals surface area contributed by atoms with Crippen LogP contribution in [0.25, 0.3) is 33.7 Å². The lowest BCUT2D eigenvalue weighted by Gasteiger charge is -2.02. The van der Waals surface area contributed by atoms with Crippen molar-refractivity contribution in [1.29, 1.82) is 5.26 Å². The first-order valence-electron chi connectivity index (χ1n) is 8.06. The highest BCUT2D eigenvalue weighted by Gasteiger charge is 2.10. The van der Waals surface area contributed by atoms with E-state index in [0.29, 0.717) is 10.6 Å². The zero-order valence-electron chi connectivity index (χ0n) is 13.7. The highest BCUT2D eigenvalue weighted by molar-refractivity contribution is 7.11. The van der Waals surface area contributed by atoms with Crippen LogP contribution in [0.2, 0.25) is 0 Å². The van der Waals surface area contributed by atoms with Gasteiger partial charge in [-0.2, -0.15) is 5.26 Å². The van der Waals surface area contributed by atoms with Gasteiger partial charge in [-0.1, -0.05) is 42.5 Å². The summed E-state index contributed by atoms with van der Waals surface area (Å²) >= 11 is 1.41. The predicted octanol–water partition coefficient (Wildman–Crippen LogP) is 6.17. The normalized spacial score (nSPS) is 11.5. The maximum Gasteiger partial charge on any atom is 0.134 e. The van der Waals surface area contributed by atoms with E-state index in [0.717, 1.165) is 27.6 Å². The third-order valence-corrected chi connectivity index (χ3v) is 4.99. The van der Waals surface area contributed by atoms with Crippen LogP contribution in [0, 0.1) is 17.1 Å². The fourth-order valence-electron chi connectivity index (χ4n) is 2.82. The van der Waals surface area contributed by atoms with Crippen LogP contribution in [-0.4, -0.2) is 4.98 Å². The molecular formula is C22H13FN2S. The molecule has 0 saturated heterocycles. The smallest absolute Gasteiger partial charge is 0.134 e. The van der Waals surface area contributed by atoms with Crippen molar-refractivity contribution in [3.05, 3.63) is 88.5 Å². The maximum atomic E-state index is 13.1. The topological polar surface area (TPSA) is 36.7 Å². The minimum absolute atomic E-state index is 0.280. The van der Waals surface area contributed by atoms with Crippen molar-refractivity contribution in [2.45, 2.75) is 0 Å². The Morgan fingerprint density at radius 1 is 1.00 bits per heavy atom. The molecule has 0 aliphatic rings. The van der Waals surface area contributed by atoms with Crippen LogP contribution in [0.1, 0.15) is 10.6 Å². The monoisotopic (exact) mass is 356 g/mol. The van der Waals surface area contributed by atoms with Crippen molar-refractivity contribution >= 4 is 33.8 Å². The molecule has 1 heterocycles. The quantitative estimate of drug-likeness (QED) is 0.412. The zero-order chi connectivity index (χ0) is 17.9. The van der Waals surface area contributed by atoms with Crippen molar-refractivity contribution in [2.24, 2.45) is 0 Å². The van der Waals surface area contributed by atoms with Gasteiger partial charge in [0.1, 0.15) is 16.9 Å². The number of hydrogen-bond donors (Lipinski definition) is 0. The molecule has 3 aromatic carbocycles. The van der Waals surface area contributed by atoms with Gasteiger partial charge in [-0.25, -0.2) is 9.37 Å². The van der Waals surface area contributed by atoms with E-state index in [2.05, 4.69) is 23.2 Å². The van der Waals surface area contributed by atoms with E-state index in [-0.39, 0.29) is 5.82 Å². The number of allylic oxidation sites excluding steroid dienone is 1. The summed E-state index contributed by atoms with van der Waals surface area (Å²) in [5.41, 5.74) is 3.07. The number of halogens is 1. The van der Waals surface area contributed by atoms with E-state index in [1.807, 2.05) is 41.8 Å². The second-order valence-corrected chi connectivity index (χ2v) is 6.64. The van der Waals surface area contributed by atoms with Gasteiger partial charge in [0.15, 0.2) is 0 Å². The molecule has 2 nitrogen and oxygen atoms in total. The number of aromatic nitrogens is 1. The molecule has 1 aromatic heterocycles. The zero-order valence-corrected chi connectivity index (χ0v) is 14.5. The minimum atomic E-state index is -0.280. The molecular weight excluding hydrogens is 343 g/mol.